The van der Waals surface area contributed by atoms with E-state index >= 15 is 0 Å². The minimum Gasteiger partial charge on any atom is -0.361 e. The zero-order chi connectivity index (χ0) is 17.1. The zero-order valence-electron chi connectivity index (χ0n) is 14.2. The molecule has 1 saturated carbocycles. The lowest BCUT2D eigenvalue weighted by Gasteiger charge is -2.20. The van der Waals surface area contributed by atoms with Crippen molar-refractivity contribution in [3.63, 3.8) is 0 Å². The van der Waals surface area contributed by atoms with E-state index in [0.29, 0.717) is 11.7 Å². The lowest BCUT2D eigenvalue weighted by atomic mass is 9.87. The topological polar surface area (TPSA) is 57.8 Å². The van der Waals surface area contributed by atoms with Gasteiger partial charge < -0.3 is 10.3 Å². The van der Waals surface area contributed by atoms with Crippen molar-refractivity contribution in [2.45, 2.75) is 38.0 Å². The van der Waals surface area contributed by atoms with Crippen LogP contribution in [-0.2, 0) is 4.79 Å². The van der Waals surface area contributed by atoms with Crippen LogP contribution in [0.25, 0.3) is 10.9 Å². The van der Waals surface area contributed by atoms with Crippen molar-refractivity contribution in [1.29, 1.82) is 0 Å². The monoisotopic (exact) mass is 333 g/mol. The van der Waals surface area contributed by atoms with Crippen molar-refractivity contribution in [2.75, 3.05) is 5.32 Å². The number of pyridine rings is 1. The van der Waals surface area contributed by atoms with E-state index in [1.165, 1.54) is 25.7 Å². The molecule has 1 aliphatic rings. The molecule has 1 aromatic carbocycles. The van der Waals surface area contributed by atoms with Crippen LogP contribution in [0.4, 0.5) is 5.82 Å². The number of H-pyrrole nitrogens is 1. The highest BCUT2D eigenvalue weighted by Crippen LogP contribution is 2.37. The Balaban J connectivity index is 1.64. The van der Waals surface area contributed by atoms with Crippen LogP contribution in [0.15, 0.2) is 54.9 Å². The fourth-order valence-electron chi connectivity index (χ4n) is 3.99. The number of para-hydroxylation sites is 1. The number of fused-ring (bicyclic) bond motifs is 1. The summed E-state index contributed by atoms with van der Waals surface area (Å²) in [6.07, 6.45) is 9.64. The van der Waals surface area contributed by atoms with Gasteiger partial charge in [0.25, 0.3) is 0 Å². The Kier molecular flexibility index (Phi) is 4.51. The summed E-state index contributed by atoms with van der Waals surface area (Å²) in [5.41, 5.74) is 2.18. The van der Waals surface area contributed by atoms with E-state index in [9.17, 15) is 4.79 Å². The van der Waals surface area contributed by atoms with E-state index in [1.54, 1.807) is 6.20 Å². The number of nitrogens with one attached hydrogen (secondary N) is 2. The zero-order valence-corrected chi connectivity index (χ0v) is 14.2. The van der Waals surface area contributed by atoms with Gasteiger partial charge in [0.05, 0.1) is 5.92 Å². The number of carbonyl (C=O) groups excluding carboxylic acids is 1. The SMILES string of the molecule is O=C(Nc1ccccn1)C(CC1CCCC1)c1c[nH]c2ccccc12. The Morgan fingerprint density at radius 2 is 1.96 bits per heavy atom. The third kappa shape index (κ3) is 3.43. The first kappa shape index (κ1) is 15.9. The molecule has 0 spiro atoms. The Hall–Kier alpha value is -2.62. The number of aromatic amines is 1. The third-order valence-electron chi connectivity index (χ3n) is 5.27. The number of hydrogen-bond acceptors (Lipinski definition) is 2. The highest BCUT2D eigenvalue weighted by Gasteiger charge is 2.28. The van der Waals surface area contributed by atoms with Crippen LogP contribution in [0.3, 0.4) is 0 Å². The average Bonchev–Trinajstić information content (AvgIpc) is 3.30. The number of rotatable bonds is 5. The first-order chi connectivity index (χ1) is 12.3. The molecular formula is C21H23N3O. The Morgan fingerprint density at radius 3 is 2.76 bits per heavy atom. The summed E-state index contributed by atoms with van der Waals surface area (Å²) in [5.74, 6) is 1.13. The summed E-state index contributed by atoms with van der Waals surface area (Å²) in [4.78, 5) is 20.6. The summed E-state index contributed by atoms with van der Waals surface area (Å²) < 4.78 is 0. The van der Waals surface area contributed by atoms with E-state index < -0.39 is 0 Å². The fourth-order valence-corrected chi connectivity index (χ4v) is 3.99. The summed E-state index contributed by atoms with van der Waals surface area (Å²) in [5, 5.41) is 4.15. The Morgan fingerprint density at radius 1 is 1.16 bits per heavy atom. The molecule has 0 aliphatic heterocycles. The predicted molar refractivity (Wildman–Crippen MR) is 100 cm³/mol. The Labute approximate surface area is 147 Å². The molecule has 4 heteroatoms. The molecule has 1 atom stereocenters. The molecule has 0 saturated heterocycles. The van der Waals surface area contributed by atoms with E-state index in [1.807, 2.05) is 36.5 Å². The second-order valence-electron chi connectivity index (χ2n) is 6.93. The van der Waals surface area contributed by atoms with E-state index in [2.05, 4.69) is 27.4 Å². The number of nitrogens with zero attached hydrogens (tertiary/aromatic N) is 1. The molecule has 1 amide bonds. The standard InChI is InChI=1S/C21H23N3O/c25-21(24-20-11-5-6-12-22-20)17(13-15-7-1-2-8-15)18-14-23-19-10-4-3-9-16(18)19/h3-6,9-12,14-15,17,23H,1-2,7-8,13H2,(H,22,24,25). The molecule has 1 unspecified atom stereocenters. The predicted octanol–water partition coefficient (Wildman–Crippen LogP) is 4.87. The molecule has 1 fully saturated rings. The van der Waals surface area contributed by atoms with Gasteiger partial charge in [-0.3, -0.25) is 4.79 Å². The molecule has 0 bridgehead atoms. The van der Waals surface area contributed by atoms with Crippen LogP contribution < -0.4 is 5.32 Å². The van der Waals surface area contributed by atoms with Crippen molar-refractivity contribution in [3.05, 3.63) is 60.4 Å². The lowest BCUT2D eigenvalue weighted by molar-refractivity contribution is -0.118. The van der Waals surface area contributed by atoms with Crippen LogP contribution in [0, 0.1) is 5.92 Å². The summed E-state index contributed by atoms with van der Waals surface area (Å²) >= 11 is 0. The van der Waals surface area contributed by atoms with Gasteiger partial charge in [0, 0.05) is 23.3 Å². The van der Waals surface area contributed by atoms with E-state index in [0.717, 1.165) is 22.9 Å². The molecule has 2 heterocycles. The molecular weight excluding hydrogens is 310 g/mol. The number of carbonyl (C=O) groups is 1. The number of aromatic nitrogens is 2. The number of hydrogen-bond donors (Lipinski definition) is 2. The molecule has 0 radical (unpaired) electrons. The van der Waals surface area contributed by atoms with Crippen LogP contribution in [-0.4, -0.2) is 15.9 Å². The van der Waals surface area contributed by atoms with Gasteiger partial charge in [0.15, 0.2) is 0 Å². The van der Waals surface area contributed by atoms with Crippen LogP contribution >= 0.6 is 0 Å². The largest absolute Gasteiger partial charge is 0.361 e. The molecule has 25 heavy (non-hydrogen) atoms. The van der Waals surface area contributed by atoms with Crippen LogP contribution in [0.5, 0.6) is 0 Å². The van der Waals surface area contributed by atoms with Gasteiger partial charge in [0.2, 0.25) is 5.91 Å². The van der Waals surface area contributed by atoms with Gasteiger partial charge >= 0.3 is 0 Å². The smallest absolute Gasteiger partial charge is 0.233 e. The molecule has 3 aromatic rings. The van der Waals surface area contributed by atoms with Gasteiger partial charge in [0.1, 0.15) is 5.82 Å². The molecule has 2 aromatic heterocycles. The quantitative estimate of drug-likeness (QED) is 0.700. The maximum atomic E-state index is 13.1. The van der Waals surface area contributed by atoms with Gasteiger partial charge in [-0.1, -0.05) is 49.9 Å². The van der Waals surface area contributed by atoms with Crippen molar-refractivity contribution < 1.29 is 4.79 Å². The van der Waals surface area contributed by atoms with Gasteiger partial charge in [-0.2, -0.15) is 0 Å². The number of amides is 1. The maximum Gasteiger partial charge on any atom is 0.233 e. The Bertz CT molecular complexity index is 850. The van der Waals surface area contributed by atoms with Crippen molar-refractivity contribution in [2.24, 2.45) is 5.92 Å². The number of benzene rings is 1. The minimum absolute atomic E-state index is 0.0374. The third-order valence-corrected chi connectivity index (χ3v) is 5.27. The first-order valence-corrected chi connectivity index (χ1v) is 9.09. The van der Waals surface area contributed by atoms with Gasteiger partial charge in [-0.15, -0.1) is 0 Å². The lowest BCUT2D eigenvalue weighted by Crippen LogP contribution is -2.23. The van der Waals surface area contributed by atoms with Crippen LogP contribution in [0.1, 0.15) is 43.6 Å². The number of anilines is 1. The average molecular weight is 333 g/mol. The highest BCUT2D eigenvalue weighted by molar-refractivity contribution is 5.98. The second-order valence-corrected chi connectivity index (χ2v) is 6.93. The fraction of sp³-hybridized carbons (Fsp3) is 0.333. The van der Waals surface area contributed by atoms with Crippen LogP contribution in [0.2, 0.25) is 0 Å². The summed E-state index contributed by atoms with van der Waals surface area (Å²) in [7, 11) is 0. The summed E-state index contributed by atoms with van der Waals surface area (Å²) in [6.45, 7) is 0. The molecule has 128 valence electrons. The normalized spacial score (nSPS) is 16.2. The first-order valence-electron chi connectivity index (χ1n) is 9.09. The summed E-state index contributed by atoms with van der Waals surface area (Å²) in [6, 6.07) is 13.8. The molecule has 4 rings (SSSR count). The van der Waals surface area contributed by atoms with Gasteiger partial charge in [-0.05, 0) is 36.1 Å². The molecule has 2 N–H and O–H groups in total. The minimum atomic E-state index is -0.152. The molecule has 4 nitrogen and oxygen atoms in total. The maximum absolute atomic E-state index is 13.1. The second kappa shape index (κ2) is 7.09. The van der Waals surface area contributed by atoms with E-state index in [-0.39, 0.29) is 11.8 Å². The highest BCUT2D eigenvalue weighted by atomic mass is 16.1. The van der Waals surface area contributed by atoms with Crippen molar-refractivity contribution in [3.8, 4) is 0 Å². The van der Waals surface area contributed by atoms with Gasteiger partial charge in [-0.25, -0.2) is 4.98 Å². The van der Waals surface area contributed by atoms with Crippen molar-refractivity contribution >= 4 is 22.6 Å². The molecule has 1 aliphatic carbocycles. The van der Waals surface area contributed by atoms with E-state index in [4.69, 9.17) is 0 Å². The van der Waals surface area contributed by atoms with Crippen molar-refractivity contribution in [1.82, 2.24) is 9.97 Å².